The third-order valence-corrected chi connectivity index (χ3v) is 5.83. The highest BCUT2D eigenvalue weighted by Crippen LogP contribution is 2.41. The van der Waals surface area contributed by atoms with E-state index < -0.39 is 23.8 Å². The first kappa shape index (κ1) is 31.2. The molecular weight excluding hydrogens is 532 g/mol. The first-order chi connectivity index (χ1) is 18.6. The van der Waals surface area contributed by atoms with E-state index >= 15 is 0 Å². The van der Waals surface area contributed by atoms with Gasteiger partial charge in [-0.3, -0.25) is 0 Å². The third kappa shape index (κ3) is 7.96. The number of hydrogen-bond donors (Lipinski definition) is 5. The Labute approximate surface area is 230 Å². The van der Waals surface area contributed by atoms with Crippen LogP contribution in [0.15, 0.2) is 65.0 Å². The van der Waals surface area contributed by atoms with Crippen LogP contribution in [-0.2, 0) is 23.8 Å². The molecule has 0 fully saturated rings. The maximum atomic E-state index is 12.9. The van der Waals surface area contributed by atoms with Gasteiger partial charge in [-0.1, -0.05) is 29.8 Å². The Morgan fingerprint density at radius 2 is 1.77 bits per heavy atom. The molecule has 0 saturated heterocycles. The molecule has 0 aliphatic carbocycles. The number of carboxylic acid groups (broad SMARTS) is 1. The lowest BCUT2D eigenvalue weighted by atomic mass is 9.80. The number of benzene rings is 2. The van der Waals surface area contributed by atoms with E-state index in [-0.39, 0.29) is 35.8 Å². The van der Waals surface area contributed by atoms with Gasteiger partial charge < -0.3 is 40.6 Å². The molecule has 2 aromatic rings. The number of methoxy groups -OCH3 is 1. The highest BCUT2D eigenvalue weighted by Gasteiger charge is 2.39. The molecule has 39 heavy (non-hydrogen) atoms. The van der Waals surface area contributed by atoms with E-state index in [1.165, 1.54) is 13.2 Å². The molecule has 0 amide bonds. The summed E-state index contributed by atoms with van der Waals surface area (Å²) in [5, 5.41) is 29.7. The van der Waals surface area contributed by atoms with Crippen LogP contribution in [0.1, 0.15) is 35.7 Å². The molecule has 12 heteroatoms. The van der Waals surface area contributed by atoms with Crippen LogP contribution >= 0.6 is 11.6 Å². The average molecular weight is 563 g/mol. The molecule has 0 aromatic heterocycles. The summed E-state index contributed by atoms with van der Waals surface area (Å²) in [6.45, 7) is 4.42. The Balaban J connectivity index is 0.000000404. The normalized spacial score (nSPS) is 14.6. The molecule has 1 aliphatic heterocycles. The van der Waals surface area contributed by atoms with Gasteiger partial charge in [0.15, 0.2) is 0 Å². The number of phenols is 2. The number of aromatic carboxylic acids is 1. The van der Waals surface area contributed by atoms with Gasteiger partial charge in [0.25, 0.3) is 0 Å². The van der Waals surface area contributed by atoms with Gasteiger partial charge in [0.05, 0.1) is 49.7 Å². The third-order valence-electron chi connectivity index (χ3n) is 5.48. The van der Waals surface area contributed by atoms with Crippen molar-refractivity contribution in [1.29, 1.82) is 0 Å². The Bertz CT molecular complexity index is 1270. The number of ether oxygens (including phenoxy) is 3. The second-order valence-electron chi connectivity index (χ2n) is 8.07. The van der Waals surface area contributed by atoms with E-state index in [0.717, 1.165) is 12.1 Å². The number of allylic oxidation sites excluding steroid dienone is 1. The number of carbonyl (C=O) groups is 3. The van der Waals surface area contributed by atoms with Gasteiger partial charge in [-0.05, 0) is 43.7 Å². The Morgan fingerprint density at radius 3 is 2.33 bits per heavy atom. The molecule has 0 bridgehead atoms. The van der Waals surface area contributed by atoms with Crippen molar-refractivity contribution in [2.24, 2.45) is 5.73 Å². The van der Waals surface area contributed by atoms with E-state index in [9.17, 15) is 14.4 Å². The SMILES string of the molecule is CCOC(=O)C1=C(COCCN)NC(C)=C(C(=O)OC)[C@H]1c1ccccc1Cl.O=C(O)c1cc(O)ccc1O. The highest BCUT2D eigenvalue weighted by molar-refractivity contribution is 6.31. The van der Waals surface area contributed by atoms with E-state index in [1.54, 1.807) is 38.1 Å². The van der Waals surface area contributed by atoms with E-state index in [4.69, 9.17) is 46.9 Å². The van der Waals surface area contributed by atoms with Crippen LogP contribution in [0.2, 0.25) is 5.02 Å². The monoisotopic (exact) mass is 562 g/mol. The average Bonchev–Trinajstić information content (AvgIpc) is 2.90. The molecule has 0 spiro atoms. The summed E-state index contributed by atoms with van der Waals surface area (Å²) in [4.78, 5) is 35.8. The lowest BCUT2D eigenvalue weighted by molar-refractivity contribution is -0.139. The predicted octanol–water partition coefficient (Wildman–Crippen LogP) is 3.06. The van der Waals surface area contributed by atoms with Gasteiger partial charge in [0.2, 0.25) is 0 Å². The zero-order valence-electron chi connectivity index (χ0n) is 21.7. The van der Waals surface area contributed by atoms with Crippen molar-refractivity contribution in [3.05, 3.63) is 81.2 Å². The molecule has 0 radical (unpaired) electrons. The predicted molar refractivity (Wildman–Crippen MR) is 142 cm³/mol. The Kier molecular flexibility index (Phi) is 11.8. The number of esters is 2. The van der Waals surface area contributed by atoms with Crippen LogP contribution < -0.4 is 11.1 Å². The first-order valence-corrected chi connectivity index (χ1v) is 12.2. The molecule has 1 heterocycles. The fourth-order valence-electron chi connectivity index (χ4n) is 3.81. The van der Waals surface area contributed by atoms with Gasteiger partial charge in [0.1, 0.15) is 17.1 Å². The molecule has 11 nitrogen and oxygen atoms in total. The lowest BCUT2D eigenvalue weighted by Crippen LogP contribution is -2.35. The summed E-state index contributed by atoms with van der Waals surface area (Å²) in [5.74, 6) is -3.66. The molecule has 3 rings (SSSR count). The summed E-state index contributed by atoms with van der Waals surface area (Å²) in [7, 11) is 1.29. The zero-order valence-corrected chi connectivity index (χ0v) is 22.4. The Morgan fingerprint density at radius 1 is 1.08 bits per heavy atom. The molecular formula is C27H31ClN2O9. The maximum Gasteiger partial charge on any atom is 0.339 e. The first-order valence-electron chi connectivity index (χ1n) is 11.8. The minimum absolute atomic E-state index is 0.109. The van der Waals surface area contributed by atoms with Crippen molar-refractivity contribution in [1.82, 2.24) is 5.32 Å². The van der Waals surface area contributed by atoms with Crippen molar-refractivity contribution >= 4 is 29.5 Å². The lowest BCUT2D eigenvalue weighted by Gasteiger charge is -2.31. The number of phenolic OH excluding ortho intramolecular Hbond substituents is 1. The van der Waals surface area contributed by atoms with Gasteiger partial charge in [-0.25, -0.2) is 14.4 Å². The van der Waals surface area contributed by atoms with Crippen molar-refractivity contribution in [2.45, 2.75) is 19.8 Å². The fourth-order valence-corrected chi connectivity index (χ4v) is 4.06. The van der Waals surface area contributed by atoms with Crippen molar-refractivity contribution < 1.29 is 43.9 Å². The van der Waals surface area contributed by atoms with Crippen molar-refractivity contribution in [3.8, 4) is 11.5 Å². The Hall–Kier alpha value is -4.06. The minimum atomic E-state index is -1.27. The van der Waals surface area contributed by atoms with Gasteiger partial charge >= 0.3 is 17.9 Å². The number of hydrogen-bond acceptors (Lipinski definition) is 10. The number of nitrogens with one attached hydrogen (secondary N) is 1. The fraction of sp³-hybridized carbons (Fsp3) is 0.296. The number of dihydropyridines is 1. The summed E-state index contributed by atoms with van der Waals surface area (Å²) in [6.07, 6.45) is 0. The van der Waals surface area contributed by atoms with E-state index in [0.29, 0.717) is 40.7 Å². The topological polar surface area (TPSA) is 178 Å². The molecule has 1 atom stereocenters. The van der Waals surface area contributed by atoms with Crippen LogP contribution in [0, 0.1) is 0 Å². The number of aromatic hydroxyl groups is 2. The van der Waals surface area contributed by atoms with Crippen LogP contribution in [0.5, 0.6) is 11.5 Å². The number of carboxylic acids is 1. The summed E-state index contributed by atoms with van der Waals surface area (Å²) in [5.41, 5.74) is 7.40. The van der Waals surface area contributed by atoms with E-state index in [1.807, 2.05) is 0 Å². The number of halogens is 1. The largest absolute Gasteiger partial charge is 0.508 e. The second kappa shape index (κ2) is 14.8. The molecule has 2 aromatic carbocycles. The molecule has 1 aliphatic rings. The summed E-state index contributed by atoms with van der Waals surface area (Å²) >= 11 is 6.42. The number of nitrogens with two attached hydrogens (primary N) is 1. The van der Waals surface area contributed by atoms with E-state index in [2.05, 4.69) is 5.32 Å². The summed E-state index contributed by atoms with van der Waals surface area (Å²) < 4.78 is 15.8. The summed E-state index contributed by atoms with van der Waals surface area (Å²) in [6, 6.07) is 10.4. The molecule has 0 unspecified atom stereocenters. The standard InChI is InChI=1S/C20H25ClN2O5.C7H6O4/c1-4-28-20(25)18-15(11-27-10-9-22)23-12(2)16(19(24)26-3)17(18)13-7-5-6-8-14(13)21;8-4-1-2-6(9)5(3-4)7(10)11/h5-8,17,23H,4,9-11,22H2,1-3H3;1-3,8-9H,(H,10,11)/t17-;/m1./s1. The smallest absolute Gasteiger partial charge is 0.339 e. The van der Waals surface area contributed by atoms with Crippen LogP contribution in [0.4, 0.5) is 0 Å². The number of rotatable bonds is 9. The highest BCUT2D eigenvalue weighted by atomic mass is 35.5. The molecule has 210 valence electrons. The number of carbonyl (C=O) groups excluding carboxylic acids is 2. The quantitative estimate of drug-likeness (QED) is 0.172. The molecule has 6 N–H and O–H groups in total. The van der Waals surface area contributed by atoms with Crippen molar-refractivity contribution in [2.75, 3.05) is 33.5 Å². The van der Waals surface area contributed by atoms with Crippen molar-refractivity contribution in [3.63, 3.8) is 0 Å². The zero-order chi connectivity index (χ0) is 29.1. The minimum Gasteiger partial charge on any atom is -0.508 e. The van der Waals surface area contributed by atoms with Crippen LogP contribution in [0.25, 0.3) is 0 Å². The second-order valence-corrected chi connectivity index (χ2v) is 8.48. The van der Waals surface area contributed by atoms with Gasteiger partial charge in [-0.2, -0.15) is 0 Å². The van der Waals surface area contributed by atoms with Gasteiger partial charge in [-0.15, -0.1) is 0 Å². The van der Waals surface area contributed by atoms with Crippen LogP contribution in [0.3, 0.4) is 0 Å². The maximum absolute atomic E-state index is 12.9. The van der Waals surface area contributed by atoms with Gasteiger partial charge in [0, 0.05) is 17.3 Å². The van der Waals surface area contributed by atoms with Crippen LogP contribution in [-0.4, -0.2) is 66.7 Å². The molecule has 0 saturated carbocycles.